The van der Waals surface area contributed by atoms with Crippen LogP contribution in [0.2, 0.25) is 0 Å². The number of carbonyl (C=O) groups excluding carboxylic acids is 1. The number of nitrogens with zero attached hydrogens (tertiary/aromatic N) is 5. The Morgan fingerprint density at radius 3 is 2.71 bits per heavy atom. The minimum absolute atomic E-state index is 0.227. The molecule has 3 heterocycles. The monoisotopic (exact) mass is 345 g/mol. The second-order valence-electron chi connectivity index (χ2n) is 6.56. The highest BCUT2D eigenvalue weighted by atomic mass is 32.1. The number of aryl methyl sites for hydroxylation is 2. The second-order valence-corrected chi connectivity index (χ2v) is 7.70. The Bertz CT molecular complexity index is 664. The molecular formula is C17H23N5OS. The zero-order valence-electron chi connectivity index (χ0n) is 13.9. The number of amides is 1. The molecule has 0 atom stereocenters. The number of aromatic nitrogens is 3. The molecule has 1 saturated heterocycles. The van der Waals surface area contributed by atoms with Crippen molar-refractivity contribution in [3.63, 3.8) is 0 Å². The standard InChI is InChI=1S/C17H23N5OS/c23-17(16-11-14-3-1-2-4-15(14)24-16)21-8-5-20(6-9-21)7-10-22-13-18-12-19-22/h11-13H,1-10H2. The summed E-state index contributed by atoms with van der Waals surface area (Å²) in [6, 6.07) is 2.15. The minimum atomic E-state index is 0.227. The molecule has 0 N–H and O–H groups in total. The Balaban J connectivity index is 1.30. The molecule has 0 unspecified atom stereocenters. The van der Waals surface area contributed by atoms with E-state index >= 15 is 0 Å². The van der Waals surface area contributed by atoms with Crippen LogP contribution in [0.3, 0.4) is 0 Å². The Kier molecular flexibility index (Phi) is 4.62. The molecule has 6 nitrogen and oxygen atoms in total. The lowest BCUT2D eigenvalue weighted by Crippen LogP contribution is -2.49. The van der Waals surface area contributed by atoms with Gasteiger partial charge in [0, 0.05) is 37.6 Å². The van der Waals surface area contributed by atoms with Gasteiger partial charge in [0.05, 0.1) is 11.4 Å². The number of fused-ring (bicyclic) bond motifs is 1. The number of rotatable bonds is 4. The van der Waals surface area contributed by atoms with Crippen LogP contribution in [0.25, 0.3) is 0 Å². The van der Waals surface area contributed by atoms with Crippen molar-refractivity contribution in [1.82, 2.24) is 24.6 Å². The van der Waals surface area contributed by atoms with Gasteiger partial charge in [-0.3, -0.25) is 14.4 Å². The summed E-state index contributed by atoms with van der Waals surface area (Å²) in [5.41, 5.74) is 1.42. The highest BCUT2D eigenvalue weighted by Gasteiger charge is 2.25. The average Bonchev–Trinajstić information content (AvgIpc) is 3.29. The summed E-state index contributed by atoms with van der Waals surface area (Å²) in [6.45, 7) is 5.32. The summed E-state index contributed by atoms with van der Waals surface area (Å²) < 4.78 is 1.85. The van der Waals surface area contributed by atoms with Crippen LogP contribution in [0.4, 0.5) is 0 Å². The SMILES string of the molecule is O=C(c1cc2c(s1)CCCC2)N1CCN(CCn2cncn2)CC1. The molecule has 0 saturated carbocycles. The molecule has 24 heavy (non-hydrogen) atoms. The summed E-state index contributed by atoms with van der Waals surface area (Å²) in [5, 5.41) is 4.13. The van der Waals surface area contributed by atoms with Gasteiger partial charge in [0.25, 0.3) is 5.91 Å². The maximum absolute atomic E-state index is 12.8. The van der Waals surface area contributed by atoms with Gasteiger partial charge < -0.3 is 4.90 Å². The van der Waals surface area contributed by atoms with E-state index in [9.17, 15) is 4.79 Å². The van der Waals surface area contributed by atoms with Crippen molar-refractivity contribution in [2.24, 2.45) is 0 Å². The molecule has 1 amide bonds. The summed E-state index contributed by atoms with van der Waals surface area (Å²) in [5.74, 6) is 0.227. The number of carbonyl (C=O) groups is 1. The topological polar surface area (TPSA) is 54.3 Å². The predicted molar refractivity (Wildman–Crippen MR) is 93.3 cm³/mol. The van der Waals surface area contributed by atoms with Crippen LogP contribution >= 0.6 is 11.3 Å². The molecule has 2 aliphatic rings. The van der Waals surface area contributed by atoms with E-state index in [0.717, 1.165) is 57.0 Å². The molecule has 4 rings (SSSR count). The van der Waals surface area contributed by atoms with E-state index < -0.39 is 0 Å². The Labute approximate surface area is 146 Å². The zero-order chi connectivity index (χ0) is 16.4. The number of hydrogen-bond acceptors (Lipinski definition) is 5. The van der Waals surface area contributed by atoms with Gasteiger partial charge in [-0.1, -0.05) is 0 Å². The average molecular weight is 345 g/mol. The van der Waals surface area contributed by atoms with Crippen LogP contribution in [0.1, 0.15) is 33.0 Å². The molecule has 0 spiro atoms. The molecule has 0 radical (unpaired) electrons. The van der Waals surface area contributed by atoms with E-state index in [2.05, 4.69) is 21.0 Å². The van der Waals surface area contributed by atoms with Gasteiger partial charge in [-0.05, 0) is 37.3 Å². The van der Waals surface area contributed by atoms with E-state index in [4.69, 9.17) is 0 Å². The first kappa shape index (κ1) is 15.8. The third kappa shape index (κ3) is 3.37. The maximum Gasteiger partial charge on any atom is 0.264 e. The van der Waals surface area contributed by atoms with Gasteiger partial charge in [0.15, 0.2) is 0 Å². The maximum atomic E-state index is 12.8. The van der Waals surface area contributed by atoms with E-state index in [1.807, 2.05) is 9.58 Å². The lowest BCUT2D eigenvalue weighted by Gasteiger charge is -2.34. The van der Waals surface area contributed by atoms with Crippen molar-refractivity contribution in [1.29, 1.82) is 0 Å². The fourth-order valence-corrected chi connectivity index (χ4v) is 4.74. The highest BCUT2D eigenvalue weighted by molar-refractivity contribution is 7.14. The Hall–Kier alpha value is -1.73. The smallest absolute Gasteiger partial charge is 0.264 e. The van der Waals surface area contributed by atoms with Gasteiger partial charge in [-0.25, -0.2) is 4.98 Å². The molecule has 0 bridgehead atoms. The van der Waals surface area contributed by atoms with E-state index in [1.165, 1.54) is 23.3 Å². The first-order valence-electron chi connectivity index (χ1n) is 8.75. The highest BCUT2D eigenvalue weighted by Crippen LogP contribution is 2.30. The number of piperazine rings is 1. The molecule has 2 aromatic rings. The summed E-state index contributed by atoms with van der Waals surface area (Å²) in [6.07, 6.45) is 8.15. The summed E-state index contributed by atoms with van der Waals surface area (Å²) in [4.78, 5) is 23.5. The fourth-order valence-electron chi connectivity index (χ4n) is 3.52. The lowest BCUT2D eigenvalue weighted by atomic mass is 9.99. The third-order valence-corrected chi connectivity index (χ3v) is 6.20. The molecule has 1 aliphatic carbocycles. The van der Waals surface area contributed by atoms with Gasteiger partial charge in [0.1, 0.15) is 12.7 Å². The molecule has 2 aromatic heterocycles. The summed E-state index contributed by atoms with van der Waals surface area (Å²) in [7, 11) is 0. The van der Waals surface area contributed by atoms with E-state index in [0.29, 0.717) is 0 Å². The second kappa shape index (κ2) is 7.03. The normalized spacial score (nSPS) is 18.6. The molecule has 128 valence electrons. The minimum Gasteiger partial charge on any atom is -0.335 e. The number of thiophene rings is 1. The third-order valence-electron chi connectivity index (χ3n) is 4.98. The largest absolute Gasteiger partial charge is 0.335 e. The number of hydrogen-bond donors (Lipinski definition) is 0. The summed E-state index contributed by atoms with van der Waals surface area (Å²) >= 11 is 1.72. The van der Waals surface area contributed by atoms with Crippen LogP contribution in [0.15, 0.2) is 18.7 Å². The molecule has 1 fully saturated rings. The zero-order valence-corrected chi connectivity index (χ0v) is 14.7. The van der Waals surface area contributed by atoms with Crippen LogP contribution in [0.5, 0.6) is 0 Å². The van der Waals surface area contributed by atoms with Crippen molar-refractivity contribution >= 4 is 17.2 Å². The Morgan fingerprint density at radius 2 is 1.96 bits per heavy atom. The molecule has 1 aliphatic heterocycles. The van der Waals surface area contributed by atoms with Crippen molar-refractivity contribution in [3.8, 4) is 0 Å². The lowest BCUT2D eigenvalue weighted by molar-refractivity contribution is 0.0636. The fraction of sp³-hybridized carbons (Fsp3) is 0.588. The first-order chi connectivity index (χ1) is 11.8. The van der Waals surface area contributed by atoms with Gasteiger partial charge in [-0.15, -0.1) is 11.3 Å². The molecule has 7 heteroatoms. The predicted octanol–water partition coefficient (Wildman–Crippen LogP) is 1.68. The van der Waals surface area contributed by atoms with Gasteiger partial charge in [-0.2, -0.15) is 5.10 Å². The van der Waals surface area contributed by atoms with Gasteiger partial charge in [0.2, 0.25) is 0 Å². The molecular weight excluding hydrogens is 322 g/mol. The van der Waals surface area contributed by atoms with E-state index in [-0.39, 0.29) is 5.91 Å². The van der Waals surface area contributed by atoms with Crippen molar-refractivity contribution < 1.29 is 4.79 Å². The quantitative estimate of drug-likeness (QED) is 0.846. The Morgan fingerprint density at radius 1 is 1.12 bits per heavy atom. The van der Waals surface area contributed by atoms with Crippen LogP contribution in [-0.4, -0.2) is 63.2 Å². The van der Waals surface area contributed by atoms with Crippen molar-refractivity contribution in [2.45, 2.75) is 32.2 Å². The first-order valence-corrected chi connectivity index (χ1v) is 9.57. The van der Waals surface area contributed by atoms with Crippen LogP contribution in [-0.2, 0) is 19.4 Å². The van der Waals surface area contributed by atoms with E-state index in [1.54, 1.807) is 24.0 Å². The van der Waals surface area contributed by atoms with Gasteiger partial charge >= 0.3 is 0 Å². The van der Waals surface area contributed by atoms with Crippen molar-refractivity contribution in [3.05, 3.63) is 34.0 Å². The molecule has 0 aromatic carbocycles. The van der Waals surface area contributed by atoms with Crippen LogP contribution in [0, 0.1) is 0 Å². The van der Waals surface area contributed by atoms with Crippen LogP contribution < -0.4 is 0 Å². The van der Waals surface area contributed by atoms with Crippen molar-refractivity contribution in [2.75, 3.05) is 32.7 Å².